The molecule has 1 aliphatic rings. The molecule has 3 aromatic rings. The summed E-state index contributed by atoms with van der Waals surface area (Å²) in [6.45, 7) is 4.89. The molecule has 9 heteroatoms. The Hall–Kier alpha value is -2.74. The Balaban J connectivity index is 1.42. The van der Waals surface area contributed by atoms with E-state index in [2.05, 4.69) is 11.8 Å². The van der Waals surface area contributed by atoms with Gasteiger partial charge in [-0.25, -0.2) is 8.42 Å². The first-order valence-electron chi connectivity index (χ1n) is 11.2. The second-order valence-electron chi connectivity index (χ2n) is 8.66. The topological polar surface area (TPSA) is 60.9 Å². The number of amides is 1. The van der Waals surface area contributed by atoms with Crippen molar-refractivity contribution >= 4 is 50.5 Å². The van der Waals surface area contributed by atoms with Crippen LogP contribution in [0.2, 0.25) is 10.0 Å². The van der Waals surface area contributed by atoms with Gasteiger partial charge in [0.15, 0.2) is 0 Å². The number of anilines is 2. The molecule has 1 aliphatic heterocycles. The van der Waals surface area contributed by atoms with E-state index in [4.69, 9.17) is 23.2 Å². The summed E-state index contributed by atoms with van der Waals surface area (Å²) in [6, 6.07) is 19.7. The quantitative estimate of drug-likeness (QED) is 0.436. The molecule has 0 aromatic heterocycles. The van der Waals surface area contributed by atoms with Crippen LogP contribution in [0.4, 0.5) is 11.4 Å². The van der Waals surface area contributed by atoms with Crippen LogP contribution in [0.1, 0.15) is 21.5 Å². The zero-order chi connectivity index (χ0) is 25.2. The van der Waals surface area contributed by atoms with Gasteiger partial charge in [0, 0.05) is 47.5 Å². The molecule has 0 saturated carbocycles. The molecule has 0 atom stereocenters. The van der Waals surface area contributed by atoms with Crippen molar-refractivity contribution in [2.45, 2.75) is 13.5 Å². The normalized spacial score (nSPS) is 14.2. The number of nitrogens with zero attached hydrogens (tertiary/aromatic N) is 3. The maximum absolute atomic E-state index is 13.1. The van der Waals surface area contributed by atoms with Crippen LogP contribution in [-0.4, -0.2) is 51.7 Å². The summed E-state index contributed by atoms with van der Waals surface area (Å²) in [7, 11) is -3.52. The first-order chi connectivity index (χ1) is 16.6. The minimum Gasteiger partial charge on any atom is -0.368 e. The second kappa shape index (κ2) is 10.5. The van der Waals surface area contributed by atoms with Crippen molar-refractivity contribution < 1.29 is 13.2 Å². The Kier molecular flexibility index (Phi) is 7.59. The number of carbonyl (C=O) groups is 1. The first kappa shape index (κ1) is 25.4. The van der Waals surface area contributed by atoms with E-state index in [-0.39, 0.29) is 12.5 Å². The molecule has 0 aliphatic carbocycles. The predicted molar refractivity (Wildman–Crippen MR) is 143 cm³/mol. The van der Waals surface area contributed by atoms with Gasteiger partial charge in [0.2, 0.25) is 10.0 Å². The number of aryl methyl sites for hydroxylation is 1. The lowest BCUT2D eigenvalue weighted by Crippen LogP contribution is -2.49. The first-order valence-corrected chi connectivity index (χ1v) is 13.8. The molecule has 4 rings (SSSR count). The summed E-state index contributed by atoms with van der Waals surface area (Å²) >= 11 is 12.2. The summed E-state index contributed by atoms with van der Waals surface area (Å²) in [5, 5.41) is 1.16. The van der Waals surface area contributed by atoms with E-state index < -0.39 is 10.0 Å². The van der Waals surface area contributed by atoms with Gasteiger partial charge < -0.3 is 9.80 Å². The monoisotopic (exact) mass is 531 g/mol. The lowest BCUT2D eigenvalue weighted by molar-refractivity contribution is 0.0746. The Labute approximate surface area is 216 Å². The van der Waals surface area contributed by atoms with E-state index in [0.717, 1.165) is 36.2 Å². The number of carbonyl (C=O) groups excluding carboxylic acids is 1. The Bertz CT molecular complexity index is 1320. The number of benzene rings is 3. The van der Waals surface area contributed by atoms with Crippen LogP contribution < -0.4 is 9.21 Å². The molecule has 0 radical (unpaired) electrons. The van der Waals surface area contributed by atoms with Crippen LogP contribution in [-0.2, 0) is 16.6 Å². The molecule has 6 nitrogen and oxygen atoms in total. The number of sulfonamides is 1. The minimum atomic E-state index is -3.52. The standard InChI is InChI=1S/C26H27Cl2N3O3S/c1-19-6-11-23(28)17-25(19)29-12-14-30(15-13-29)26(32)21-9-7-20(8-10-21)18-31(35(2,33)34)24-5-3-4-22(27)16-24/h3-11,16-17H,12-15,18H2,1-2H3. The lowest BCUT2D eigenvalue weighted by Gasteiger charge is -2.37. The third-order valence-corrected chi connectivity index (χ3v) is 7.71. The molecule has 0 unspecified atom stereocenters. The summed E-state index contributed by atoms with van der Waals surface area (Å²) in [4.78, 5) is 17.2. The van der Waals surface area contributed by atoms with E-state index in [1.54, 1.807) is 48.5 Å². The Morgan fingerprint density at radius 2 is 1.57 bits per heavy atom. The van der Waals surface area contributed by atoms with Crippen LogP contribution in [0, 0.1) is 6.92 Å². The fraction of sp³-hybridized carbons (Fsp3) is 0.269. The highest BCUT2D eigenvalue weighted by molar-refractivity contribution is 7.92. The maximum atomic E-state index is 13.1. The van der Waals surface area contributed by atoms with Gasteiger partial charge >= 0.3 is 0 Å². The molecular weight excluding hydrogens is 505 g/mol. The summed E-state index contributed by atoms with van der Waals surface area (Å²) in [5.41, 5.74) is 4.10. The third-order valence-electron chi connectivity index (χ3n) is 6.10. The molecule has 1 saturated heterocycles. The highest BCUT2D eigenvalue weighted by Gasteiger charge is 2.24. The van der Waals surface area contributed by atoms with E-state index in [9.17, 15) is 13.2 Å². The lowest BCUT2D eigenvalue weighted by atomic mass is 10.1. The SMILES string of the molecule is Cc1ccc(Cl)cc1N1CCN(C(=O)c2ccc(CN(c3cccc(Cl)c3)S(C)(=O)=O)cc2)CC1. The van der Waals surface area contributed by atoms with Crippen molar-refractivity contribution in [3.63, 3.8) is 0 Å². The fourth-order valence-corrected chi connectivity index (χ4v) is 5.44. The number of rotatable bonds is 6. The molecule has 1 fully saturated rings. The molecule has 1 amide bonds. The van der Waals surface area contributed by atoms with Crippen LogP contribution in [0.25, 0.3) is 0 Å². The highest BCUT2D eigenvalue weighted by Crippen LogP contribution is 2.26. The van der Waals surface area contributed by atoms with Crippen LogP contribution >= 0.6 is 23.2 Å². The molecule has 0 bridgehead atoms. The van der Waals surface area contributed by atoms with Crippen LogP contribution in [0.3, 0.4) is 0 Å². The Morgan fingerprint density at radius 3 is 2.20 bits per heavy atom. The molecule has 184 valence electrons. The van der Waals surface area contributed by atoms with Gasteiger partial charge in [0.25, 0.3) is 5.91 Å². The second-order valence-corrected chi connectivity index (χ2v) is 11.4. The third kappa shape index (κ3) is 6.10. The largest absolute Gasteiger partial charge is 0.368 e. The number of piperazine rings is 1. The van der Waals surface area contributed by atoms with E-state index in [1.807, 2.05) is 23.1 Å². The predicted octanol–water partition coefficient (Wildman–Crippen LogP) is 5.23. The zero-order valence-electron chi connectivity index (χ0n) is 19.6. The molecule has 3 aromatic carbocycles. The number of hydrogen-bond donors (Lipinski definition) is 0. The van der Waals surface area contributed by atoms with Crippen LogP contribution in [0.5, 0.6) is 0 Å². The van der Waals surface area contributed by atoms with Gasteiger partial charge in [-0.3, -0.25) is 9.10 Å². The molecule has 0 N–H and O–H groups in total. The zero-order valence-corrected chi connectivity index (χ0v) is 21.9. The van der Waals surface area contributed by atoms with Gasteiger partial charge in [-0.15, -0.1) is 0 Å². The fourth-order valence-electron chi connectivity index (χ4n) is 4.21. The van der Waals surface area contributed by atoms with Gasteiger partial charge in [0.05, 0.1) is 18.5 Å². The van der Waals surface area contributed by atoms with Gasteiger partial charge in [-0.05, 0) is 60.5 Å². The molecule has 1 heterocycles. The van der Waals surface area contributed by atoms with Crippen molar-refractivity contribution in [3.05, 3.63) is 93.5 Å². The molecule has 35 heavy (non-hydrogen) atoms. The van der Waals surface area contributed by atoms with Crippen molar-refractivity contribution in [3.8, 4) is 0 Å². The number of halogens is 2. The molecule has 0 spiro atoms. The number of hydrogen-bond acceptors (Lipinski definition) is 4. The van der Waals surface area contributed by atoms with E-state index in [0.29, 0.717) is 34.4 Å². The summed E-state index contributed by atoms with van der Waals surface area (Å²) < 4.78 is 26.1. The molecular formula is C26H27Cl2N3O3S. The minimum absolute atomic E-state index is 0.0335. The average Bonchev–Trinajstić information content (AvgIpc) is 2.83. The summed E-state index contributed by atoms with van der Waals surface area (Å²) in [6.07, 6.45) is 1.16. The van der Waals surface area contributed by atoms with Crippen molar-refractivity contribution in [1.29, 1.82) is 0 Å². The highest BCUT2D eigenvalue weighted by atomic mass is 35.5. The van der Waals surface area contributed by atoms with Crippen molar-refractivity contribution in [2.75, 3.05) is 41.6 Å². The van der Waals surface area contributed by atoms with Gasteiger partial charge in [-0.1, -0.05) is 47.5 Å². The van der Waals surface area contributed by atoms with Crippen molar-refractivity contribution in [2.24, 2.45) is 0 Å². The van der Waals surface area contributed by atoms with Gasteiger partial charge in [0.1, 0.15) is 0 Å². The van der Waals surface area contributed by atoms with Crippen LogP contribution in [0.15, 0.2) is 66.7 Å². The van der Waals surface area contributed by atoms with Gasteiger partial charge in [-0.2, -0.15) is 0 Å². The smallest absolute Gasteiger partial charge is 0.253 e. The maximum Gasteiger partial charge on any atom is 0.253 e. The van der Waals surface area contributed by atoms with E-state index in [1.165, 1.54) is 4.31 Å². The van der Waals surface area contributed by atoms with Crippen molar-refractivity contribution in [1.82, 2.24) is 4.90 Å². The Morgan fingerprint density at radius 1 is 0.914 bits per heavy atom. The summed E-state index contributed by atoms with van der Waals surface area (Å²) in [5.74, 6) is -0.0335. The average molecular weight is 532 g/mol. The van der Waals surface area contributed by atoms with E-state index >= 15 is 0 Å².